The second-order valence-electron chi connectivity index (χ2n) is 3.91. The zero-order valence-electron chi connectivity index (χ0n) is 9.56. The van der Waals surface area contributed by atoms with Crippen LogP contribution < -0.4 is 5.32 Å². The summed E-state index contributed by atoms with van der Waals surface area (Å²) in [5.41, 5.74) is 0. The molecule has 4 nitrogen and oxygen atoms in total. The van der Waals surface area contributed by atoms with Gasteiger partial charge in [-0.25, -0.2) is 0 Å². The maximum absolute atomic E-state index is 4.24. The molecular formula is C10H20Cl2N4. The van der Waals surface area contributed by atoms with Gasteiger partial charge >= 0.3 is 0 Å². The van der Waals surface area contributed by atoms with E-state index in [1.807, 2.05) is 6.33 Å². The van der Waals surface area contributed by atoms with E-state index in [0.717, 1.165) is 26.1 Å². The van der Waals surface area contributed by atoms with Gasteiger partial charge in [-0.15, -0.1) is 35.0 Å². The standard InChI is InChI=1S/C10H18N4.2ClH/c1-2-7-14-8-12-13-10(14)9-3-5-11-6-4-9;;/h8-9,11H,2-7H2,1H3;2*1H. The Morgan fingerprint density at radius 2 is 2.06 bits per heavy atom. The van der Waals surface area contributed by atoms with Gasteiger partial charge in [-0.05, 0) is 32.4 Å². The molecule has 0 radical (unpaired) electrons. The highest BCUT2D eigenvalue weighted by molar-refractivity contribution is 5.85. The van der Waals surface area contributed by atoms with Gasteiger partial charge < -0.3 is 9.88 Å². The number of hydrogen-bond acceptors (Lipinski definition) is 3. The second-order valence-corrected chi connectivity index (χ2v) is 3.91. The van der Waals surface area contributed by atoms with E-state index < -0.39 is 0 Å². The van der Waals surface area contributed by atoms with Crippen molar-refractivity contribution in [2.45, 2.75) is 38.6 Å². The van der Waals surface area contributed by atoms with Gasteiger partial charge in [-0.1, -0.05) is 6.92 Å². The number of hydrogen-bond donors (Lipinski definition) is 1. The first-order valence-electron chi connectivity index (χ1n) is 5.50. The first kappa shape index (κ1) is 15.7. The van der Waals surface area contributed by atoms with Crippen molar-refractivity contribution in [1.82, 2.24) is 20.1 Å². The zero-order valence-corrected chi connectivity index (χ0v) is 11.2. The Bertz CT molecular complexity index is 284. The quantitative estimate of drug-likeness (QED) is 0.910. The molecule has 1 aliphatic heterocycles. The van der Waals surface area contributed by atoms with E-state index in [4.69, 9.17) is 0 Å². The second kappa shape index (κ2) is 7.87. The molecule has 0 unspecified atom stereocenters. The van der Waals surface area contributed by atoms with Crippen LogP contribution >= 0.6 is 24.8 Å². The van der Waals surface area contributed by atoms with E-state index in [1.165, 1.54) is 18.7 Å². The van der Waals surface area contributed by atoms with Gasteiger partial charge in [0.15, 0.2) is 0 Å². The van der Waals surface area contributed by atoms with Gasteiger partial charge in [0.1, 0.15) is 12.2 Å². The third-order valence-electron chi connectivity index (χ3n) is 2.81. The van der Waals surface area contributed by atoms with E-state index >= 15 is 0 Å². The third kappa shape index (κ3) is 3.61. The molecule has 1 aliphatic rings. The summed E-state index contributed by atoms with van der Waals surface area (Å²) in [6, 6.07) is 0. The lowest BCUT2D eigenvalue weighted by Gasteiger charge is -2.22. The fraction of sp³-hybridized carbons (Fsp3) is 0.800. The first-order valence-corrected chi connectivity index (χ1v) is 5.50. The van der Waals surface area contributed by atoms with Gasteiger partial charge in [0, 0.05) is 12.5 Å². The highest BCUT2D eigenvalue weighted by Gasteiger charge is 2.19. The highest BCUT2D eigenvalue weighted by atomic mass is 35.5. The Hall–Kier alpha value is -0.320. The van der Waals surface area contributed by atoms with Crippen molar-refractivity contribution in [3.8, 4) is 0 Å². The van der Waals surface area contributed by atoms with E-state index in [1.54, 1.807) is 0 Å². The molecule has 1 saturated heterocycles. The molecule has 1 aromatic rings. The monoisotopic (exact) mass is 266 g/mol. The summed E-state index contributed by atoms with van der Waals surface area (Å²) in [4.78, 5) is 0. The highest BCUT2D eigenvalue weighted by Crippen LogP contribution is 2.22. The Morgan fingerprint density at radius 3 is 2.69 bits per heavy atom. The summed E-state index contributed by atoms with van der Waals surface area (Å²) < 4.78 is 2.20. The van der Waals surface area contributed by atoms with Crippen LogP contribution in [0.15, 0.2) is 6.33 Å². The van der Waals surface area contributed by atoms with Crippen LogP contribution in [0.4, 0.5) is 0 Å². The molecule has 2 rings (SSSR count). The summed E-state index contributed by atoms with van der Waals surface area (Å²) in [7, 11) is 0. The van der Waals surface area contributed by atoms with Gasteiger partial charge in [0.2, 0.25) is 0 Å². The number of aryl methyl sites for hydroxylation is 1. The predicted octanol–water partition coefficient (Wildman–Crippen LogP) is 2.00. The van der Waals surface area contributed by atoms with Crippen LogP contribution in [0.1, 0.15) is 37.9 Å². The smallest absolute Gasteiger partial charge is 0.136 e. The minimum Gasteiger partial charge on any atom is -0.317 e. The summed E-state index contributed by atoms with van der Waals surface area (Å²) >= 11 is 0. The third-order valence-corrected chi connectivity index (χ3v) is 2.81. The Labute approximate surface area is 109 Å². The Kier molecular flexibility index (Phi) is 7.72. The minimum atomic E-state index is 0. The number of halogens is 2. The molecule has 0 saturated carbocycles. The fourth-order valence-corrected chi connectivity index (χ4v) is 2.07. The van der Waals surface area contributed by atoms with Crippen LogP contribution in [0.3, 0.4) is 0 Å². The molecule has 0 aliphatic carbocycles. The first-order chi connectivity index (χ1) is 6.92. The molecule has 1 fully saturated rings. The van der Waals surface area contributed by atoms with Gasteiger partial charge in [-0.2, -0.15) is 0 Å². The Morgan fingerprint density at radius 1 is 1.38 bits per heavy atom. The molecule has 6 heteroatoms. The SMILES string of the molecule is CCCn1cnnc1C1CCNCC1.Cl.Cl. The molecule has 0 aromatic carbocycles. The van der Waals surface area contributed by atoms with Crippen LogP contribution in [-0.2, 0) is 6.54 Å². The van der Waals surface area contributed by atoms with E-state index in [2.05, 4.69) is 27.0 Å². The molecule has 1 aromatic heterocycles. The molecule has 2 heterocycles. The fourth-order valence-electron chi connectivity index (χ4n) is 2.07. The lowest BCUT2D eigenvalue weighted by Crippen LogP contribution is -2.28. The topological polar surface area (TPSA) is 42.7 Å². The number of nitrogens with one attached hydrogen (secondary N) is 1. The molecular weight excluding hydrogens is 247 g/mol. The van der Waals surface area contributed by atoms with E-state index in [0.29, 0.717) is 5.92 Å². The summed E-state index contributed by atoms with van der Waals surface area (Å²) in [6.45, 7) is 5.46. The van der Waals surface area contributed by atoms with Crippen LogP contribution in [0, 0.1) is 0 Å². The molecule has 0 spiro atoms. The molecule has 0 bridgehead atoms. The van der Waals surface area contributed by atoms with Gasteiger partial charge in [-0.3, -0.25) is 0 Å². The van der Waals surface area contributed by atoms with Crippen molar-refractivity contribution in [2.75, 3.05) is 13.1 Å². The van der Waals surface area contributed by atoms with Crippen LogP contribution in [0.5, 0.6) is 0 Å². The van der Waals surface area contributed by atoms with Gasteiger partial charge in [0.25, 0.3) is 0 Å². The van der Waals surface area contributed by atoms with Crippen molar-refractivity contribution in [2.24, 2.45) is 0 Å². The Balaban J connectivity index is 0.00000112. The van der Waals surface area contributed by atoms with E-state index in [-0.39, 0.29) is 24.8 Å². The maximum Gasteiger partial charge on any atom is 0.136 e. The number of piperidine rings is 1. The molecule has 16 heavy (non-hydrogen) atoms. The predicted molar refractivity (Wildman–Crippen MR) is 69.7 cm³/mol. The van der Waals surface area contributed by atoms with Crippen molar-refractivity contribution >= 4 is 24.8 Å². The maximum atomic E-state index is 4.24. The molecule has 94 valence electrons. The average Bonchev–Trinajstić information content (AvgIpc) is 2.68. The van der Waals surface area contributed by atoms with E-state index in [9.17, 15) is 0 Å². The number of rotatable bonds is 3. The lowest BCUT2D eigenvalue weighted by atomic mass is 9.97. The summed E-state index contributed by atoms with van der Waals surface area (Å²) in [6.07, 6.45) is 5.40. The summed E-state index contributed by atoms with van der Waals surface area (Å²) in [5.74, 6) is 1.80. The van der Waals surface area contributed by atoms with Crippen molar-refractivity contribution < 1.29 is 0 Å². The normalized spacial score (nSPS) is 16.3. The largest absolute Gasteiger partial charge is 0.317 e. The van der Waals surface area contributed by atoms with Crippen LogP contribution in [0.25, 0.3) is 0 Å². The van der Waals surface area contributed by atoms with Crippen molar-refractivity contribution in [3.05, 3.63) is 12.2 Å². The van der Waals surface area contributed by atoms with Crippen LogP contribution in [-0.4, -0.2) is 27.9 Å². The molecule has 0 atom stereocenters. The average molecular weight is 267 g/mol. The molecule has 0 amide bonds. The number of nitrogens with zero attached hydrogens (tertiary/aromatic N) is 3. The van der Waals surface area contributed by atoms with Gasteiger partial charge in [0.05, 0.1) is 0 Å². The zero-order chi connectivity index (χ0) is 9.80. The molecule has 1 N–H and O–H groups in total. The van der Waals surface area contributed by atoms with Crippen molar-refractivity contribution in [3.63, 3.8) is 0 Å². The van der Waals surface area contributed by atoms with Crippen molar-refractivity contribution in [1.29, 1.82) is 0 Å². The lowest BCUT2D eigenvalue weighted by molar-refractivity contribution is 0.428. The minimum absolute atomic E-state index is 0. The van der Waals surface area contributed by atoms with Crippen LogP contribution in [0.2, 0.25) is 0 Å². The number of aromatic nitrogens is 3. The summed E-state index contributed by atoms with van der Waals surface area (Å²) in [5, 5.41) is 11.6.